The summed E-state index contributed by atoms with van der Waals surface area (Å²) in [5, 5.41) is 17.0. The number of aliphatic hydroxyl groups excluding tert-OH is 1. The van der Waals surface area contributed by atoms with Gasteiger partial charge in [0.25, 0.3) is 0 Å². The standard InChI is InChI=1S/C5H8F2O3S/c6-5(7,9)4-2(8)1-3(11)10-4/h2-4,8-9,11H,1H2. The van der Waals surface area contributed by atoms with E-state index in [1.807, 2.05) is 0 Å². The van der Waals surface area contributed by atoms with E-state index < -0.39 is 23.8 Å². The van der Waals surface area contributed by atoms with Crippen molar-refractivity contribution in [3.8, 4) is 0 Å². The molecule has 1 heterocycles. The molecule has 3 nitrogen and oxygen atoms in total. The molecule has 0 radical (unpaired) electrons. The second kappa shape index (κ2) is 2.85. The number of hydrogen-bond donors (Lipinski definition) is 3. The van der Waals surface area contributed by atoms with Crippen molar-refractivity contribution in [2.24, 2.45) is 0 Å². The lowest BCUT2D eigenvalue weighted by atomic mass is 10.2. The Bertz CT molecular complexity index is 149. The maximum absolute atomic E-state index is 12.1. The molecule has 0 amide bonds. The number of hydrogen-bond acceptors (Lipinski definition) is 4. The SMILES string of the molecule is OC1CC(S)OC1C(O)(F)F. The van der Waals surface area contributed by atoms with E-state index in [2.05, 4.69) is 17.4 Å². The molecule has 0 saturated carbocycles. The Hall–Kier alpha value is 0.0900. The molecule has 0 aromatic rings. The van der Waals surface area contributed by atoms with Crippen molar-refractivity contribution in [1.29, 1.82) is 0 Å². The maximum atomic E-state index is 12.1. The Kier molecular flexibility index (Phi) is 2.38. The molecule has 1 aliphatic heterocycles. The fourth-order valence-corrected chi connectivity index (χ4v) is 1.31. The van der Waals surface area contributed by atoms with Gasteiger partial charge in [-0.05, 0) is 0 Å². The molecule has 0 aromatic carbocycles. The van der Waals surface area contributed by atoms with Gasteiger partial charge in [0, 0.05) is 6.42 Å². The van der Waals surface area contributed by atoms with Crippen molar-refractivity contribution < 1.29 is 23.7 Å². The van der Waals surface area contributed by atoms with Gasteiger partial charge in [-0.15, -0.1) is 12.6 Å². The largest absolute Gasteiger partial charge is 0.390 e. The molecule has 0 spiro atoms. The van der Waals surface area contributed by atoms with Crippen LogP contribution in [0.3, 0.4) is 0 Å². The summed E-state index contributed by atoms with van der Waals surface area (Å²) in [6.45, 7) is 0. The van der Waals surface area contributed by atoms with Gasteiger partial charge in [-0.3, -0.25) is 0 Å². The van der Waals surface area contributed by atoms with Gasteiger partial charge in [-0.25, -0.2) is 0 Å². The van der Waals surface area contributed by atoms with E-state index in [1.165, 1.54) is 0 Å². The minimum absolute atomic E-state index is 0.00390. The zero-order chi connectivity index (χ0) is 8.65. The fourth-order valence-electron chi connectivity index (χ4n) is 0.959. The van der Waals surface area contributed by atoms with Crippen LogP contribution >= 0.6 is 12.6 Å². The van der Waals surface area contributed by atoms with E-state index in [0.717, 1.165) is 0 Å². The third-order valence-corrected chi connectivity index (χ3v) is 1.77. The molecule has 2 N–H and O–H groups in total. The summed E-state index contributed by atoms with van der Waals surface area (Å²) in [7, 11) is 0. The van der Waals surface area contributed by atoms with Crippen LogP contribution in [0.5, 0.6) is 0 Å². The zero-order valence-corrected chi connectivity index (χ0v) is 6.34. The third-order valence-electron chi connectivity index (χ3n) is 1.44. The predicted molar refractivity (Wildman–Crippen MR) is 35.4 cm³/mol. The average molecular weight is 186 g/mol. The summed E-state index contributed by atoms with van der Waals surface area (Å²) in [6.07, 6.45) is -7.18. The number of aliphatic hydroxyl groups is 2. The van der Waals surface area contributed by atoms with Gasteiger partial charge in [0.1, 0.15) is 5.44 Å². The van der Waals surface area contributed by atoms with Gasteiger partial charge >= 0.3 is 6.11 Å². The van der Waals surface area contributed by atoms with Crippen molar-refractivity contribution in [2.75, 3.05) is 0 Å². The van der Waals surface area contributed by atoms with Gasteiger partial charge < -0.3 is 14.9 Å². The molecule has 1 rings (SSSR count). The molecule has 6 heteroatoms. The smallest absolute Gasteiger partial charge is 0.382 e. The van der Waals surface area contributed by atoms with E-state index in [-0.39, 0.29) is 6.42 Å². The molecule has 11 heavy (non-hydrogen) atoms. The Balaban J connectivity index is 2.60. The third kappa shape index (κ3) is 2.02. The molecule has 66 valence electrons. The Morgan fingerprint density at radius 1 is 1.55 bits per heavy atom. The van der Waals surface area contributed by atoms with E-state index in [0.29, 0.717) is 0 Å². The minimum atomic E-state index is -3.99. The number of rotatable bonds is 1. The number of halogens is 2. The lowest BCUT2D eigenvalue weighted by Gasteiger charge is -2.18. The predicted octanol–water partition coefficient (Wildman–Crippen LogP) is -0.0228. The molecule has 1 aliphatic rings. The lowest BCUT2D eigenvalue weighted by Crippen LogP contribution is -2.40. The highest BCUT2D eigenvalue weighted by molar-refractivity contribution is 7.80. The van der Waals surface area contributed by atoms with Crippen LogP contribution in [0.25, 0.3) is 0 Å². The topological polar surface area (TPSA) is 49.7 Å². The fraction of sp³-hybridized carbons (Fsp3) is 1.00. The van der Waals surface area contributed by atoms with Gasteiger partial charge in [0.15, 0.2) is 6.10 Å². The van der Waals surface area contributed by atoms with Crippen LogP contribution in [0.1, 0.15) is 6.42 Å². The molecule has 3 atom stereocenters. The van der Waals surface area contributed by atoms with Crippen LogP contribution < -0.4 is 0 Å². The van der Waals surface area contributed by atoms with Crippen molar-refractivity contribution in [3.05, 3.63) is 0 Å². The van der Waals surface area contributed by atoms with E-state index in [4.69, 9.17) is 10.2 Å². The molecule has 1 saturated heterocycles. The summed E-state index contributed by atoms with van der Waals surface area (Å²) in [6, 6.07) is 0. The highest BCUT2D eigenvalue weighted by atomic mass is 32.1. The molecular formula is C5H8F2O3S. The molecule has 0 aromatic heterocycles. The molecule has 3 unspecified atom stereocenters. The average Bonchev–Trinajstić information content (AvgIpc) is 2.08. The van der Waals surface area contributed by atoms with Gasteiger partial charge in [-0.1, -0.05) is 0 Å². The highest BCUT2D eigenvalue weighted by Crippen LogP contribution is 2.31. The molecule has 0 aliphatic carbocycles. The minimum Gasteiger partial charge on any atom is -0.390 e. The first-order valence-electron chi connectivity index (χ1n) is 3.03. The van der Waals surface area contributed by atoms with E-state index >= 15 is 0 Å². The number of ether oxygens (including phenoxy) is 1. The van der Waals surface area contributed by atoms with Crippen molar-refractivity contribution in [3.63, 3.8) is 0 Å². The van der Waals surface area contributed by atoms with Crippen LogP contribution in [0.2, 0.25) is 0 Å². The Morgan fingerprint density at radius 2 is 2.09 bits per heavy atom. The monoisotopic (exact) mass is 186 g/mol. The highest BCUT2D eigenvalue weighted by Gasteiger charge is 2.48. The summed E-state index contributed by atoms with van der Waals surface area (Å²) in [5.74, 6) is 0. The first-order chi connectivity index (χ1) is 4.91. The maximum Gasteiger partial charge on any atom is 0.382 e. The summed E-state index contributed by atoms with van der Waals surface area (Å²) in [4.78, 5) is 0. The van der Waals surface area contributed by atoms with Crippen LogP contribution in [-0.4, -0.2) is 34.0 Å². The van der Waals surface area contributed by atoms with Crippen molar-refractivity contribution in [1.82, 2.24) is 0 Å². The second-order valence-electron chi connectivity index (χ2n) is 2.40. The number of alkyl halides is 2. The van der Waals surface area contributed by atoms with Crippen LogP contribution in [0.15, 0.2) is 0 Å². The molecular weight excluding hydrogens is 178 g/mol. The van der Waals surface area contributed by atoms with Gasteiger partial charge in [0.05, 0.1) is 6.10 Å². The Labute approximate surface area is 67.4 Å². The Morgan fingerprint density at radius 3 is 2.27 bits per heavy atom. The summed E-state index contributed by atoms with van der Waals surface area (Å²) in [5.41, 5.74) is -0.729. The van der Waals surface area contributed by atoms with Gasteiger partial charge in [-0.2, -0.15) is 8.78 Å². The first kappa shape index (κ1) is 9.18. The van der Waals surface area contributed by atoms with Crippen LogP contribution in [0, 0.1) is 0 Å². The number of thiol groups is 1. The first-order valence-corrected chi connectivity index (χ1v) is 3.54. The van der Waals surface area contributed by atoms with Crippen LogP contribution in [0.4, 0.5) is 8.78 Å². The summed E-state index contributed by atoms with van der Waals surface area (Å²) < 4.78 is 28.6. The van der Waals surface area contributed by atoms with Crippen molar-refractivity contribution in [2.45, 2.75) is 30.2 Å². The quantitative estimate of drug-likeness (QED) is 0.504. The summed E-state index contributed by atoms with van der Waals surface area (Å²) >= 11 is 3.72. The normalized spacial score (nSPS) is 39.5. The zero-order valence-electron chi connectivity index (χ0n) is 5.44. The van der Waals surface area contributed by atoms with E-state index in [9.17, 15) is 8.78 Å². The second-order valence-corrected chi connectivity index (χ2v) is 2.98. The van der Waals surface area contributed by atoms with Gasteiger partial charge in [0.2, 0.25) is 0 Å². The van der Waals surface area contributed by atoms with E-state index in [1.54, 1.807) is 0 Å². The lowest BCUT2D eigenvalue weighted by molar-refractivity contribution is -0.274. The van der Waals surface area contributed by atoms with Crippen LogP contribution in [-0.2, 0) is 4.74 Å². The van der Waals surface area contributed by atoms with Crippen molar-refractivity contribution >= 4 is 12.6 Å². The molecule has 1 fully saturated rings. The molecule has 0 bridgehead atoms.